The van der Waals surface area contributed by atoms with Gasteiger partial charge in [0, 0.05) is 25.4 Å². The lowest BCUT2D eigenvalue weighted by Gasteiger charge is -2.16. The zero-order valence-corrected chi connectivity index (χ0v) is 16.5. The van der Waals surface area contributed by atoms with E-state index in [-0.39, 0.29) is 22.9 Å². The molecule has 3 rings (SSSR count). The average Bonchev–Trinajstić information content (AvgIpc) is 3.12. The van der Waals surface area contributed by atoms with Gasteiger partial charge in [0.25, 0.3) is 5.56 Å². The normalized spacial score (nSPS) is 14.0. The van der Waals surface area contributed by atoms with Gasteiger partial charge in [-0.2, -0.15) is 0 Å². The summed E-state index contributed by atoms with van der Waals surface area (Å²) in [5, 5.41) is -0.179. The highest BCUT2D eigenvalue weighted by Crippen LogP contribution is 2.24. The Kier molecular flexibility index (Phi) is 5.71. The fourth-order valence-corrected chi connectivity index (χ4v) is 3.64. The quantitative estimate of drug-likeness (QED) is 0.704. The molecule has 9 heteroatoms. The van der Waals surface area contributed by atoms with Crippen LogP contribution in [0, 0.1) is 5.82 Å². The third kappa shape index (κ3) is 3.49. The van der Waals surface area contributed by atoms with Crippen LogP contribution >= 0.6 is 11.6 Å². The molecule has 1 heterocycles. The van der Waals surface area contributed by atoms with E-state index in [0.29, 0.717) is 24.1 Å². The highest BCUT2D eigenvalue weighted by atomic mass is 35.5. The number of esters is 1. The van der Waals surface area contributed by atoms with Gasteiger partial charge in [0.05, 0.1) is 22.9 Å². The van der Waals surface area contributed by atoms with Gasteiger partial charge in [-0.25, -0.2) is 18.5 Å². The molecular formula is C19H20ClFN2O5. The number of halogens is 2. The topological polar surface area (TPSA) is 79.5 Å². The summed E-state index contributed by atoms with van der Waals surface area (Å²) < 4.78 is 26.8. The number of benzene rings is 1. The summed E-state index contributed by atoms with van der Waals surface area (Å²) in [6.07, 6.45) is 1.33. The minimum Gasteiger partial charge on any atom is -0.457 e. The molecule has 1 atom stereocenters. The van der Waals surface area contributed by atoms with Crippen LogP contribution in [0.5, 0.6) is 0 Å². The highest BCUT2D eigenvalue weighted by Gasteiger charge is 2.25. The number of hydrogen-bond acceptors (Lipinski definition) is 5. The Morgan fingerprint density at radius 2 is 2.04 bits per heavy atom. The van der Waals surface area contributed by atoms with Gasteiger partial charge in [-0.1, -0.05) is 11.6 Å². The van der Waals surface area contributed by atoms with E-state index in [1.165, 1.54) is 18.7 Å². The van der Waals surface area contributed by atoms with Crippen LogP contribution in [-0.4, -0.2) is 34.9 Å². The third-order valence-electron chi connectivity index (χ3n) is 4.74. The van der Waals surface area contributed by atoms with Gasteiger partial charge < -0.3 is 14.0 Å². The lowest BCUT2D eigenvalue weighted by molar-refractivity contribution is 0.0120. The fraction of sp³-hybridized carbons (Fsp3) is 0.421. The van der Waals surface area contributed by atoms with Crippen molar-refractivity contribution in [1.82, 2.24) is 9.13 Å². The Balaban J connectivity index is 2.15. The van der Waals surface area contributed by atoms with Crippen LogP contribution in [0.2, 0.25) is 5.02 Å². The molecule has 1 aliphatic rings. The number of aromatic nitrogens is 2. The largest absolute Gasteiger partial charge is 0.457 e. The summed E-state index contributed by atoms with van der Waals surface area (Å²) in [5.41, 5.74) is -0.600. The number of ether oxygens (including phenoxy) is 2. The maximum atomic E-state index is 14.6. The van der Waals surface area contributed by atoms with Crippen molar-refractivity contribution in [3.05, 3.63) is 60.6 Å². The predicted octanol–water partition coefficient (Wildman–Crippen LogP) is 2.01. The van der Waals surface area contributed by atoms with Crippen LogP contribution in [0.25, 0.3) is 5.69 Å². The molecule has 7 nitrogen and oxygen atoms in total. The monoisotopic (exact) mass is 410 g/mol. The van der Waals surface area contributed by atoms with Crippen LogP contribution in [0.1, 0.15) is 35.0 Å². The lowest BCUT2D eigenvalue weighted by Crippen LogP contribution is -2.41. The van der Waals surface area contributed by atoms with Crippen molar-refractivity contribution < 1.29 is 18.7 Å². The van der Waals surface area contributed by atoms with Crippen molar-refractivity contribution in [2.24, 2.45) is 7.05 Å². The first-order valence-electron chi connectivity index (χ1n) is 8.79. The summed E-state index contributed by atoms with van der Waals surface area (Å²) in [6.45, 7) is 1.79. The molecule has 1 aromatic heterocycles. The number of carbonyl (C=O) groups is 1. The number of carbonyl (C=O) groups excluding carboxylic acids is 1. The van der Waals surface area contributed by atoms with E-state index in [1.54, 1.807) is 6.92 Å². The highest BCUT2D eigenvalue weighted by molar-refractivity contribution is 6.33. The number of nitrogens with zero attached hydrogens (tertiary/aromatic N) is 2. The van der Waals surface area contributed by atoms with Gasteiger partial charge in [-0.05, 0) is 38.3 Å². The number of hydrogen-bond donors (Lipinski definition) is 0. The second-order valence-corrected chi connectivity index (χ2v) is 7.12. The van der Waals surface area contributed by atoms with Crippen LogP contribution in [0.15, 0.2) is 21.7 Å². The maximum absolute atomic E-state index is 14.6. The SMILES string of the molecule is COCC(C)OC(=O)c1cc(-n2c(=O)c3c(n(C)c2=O)CCC3)c(F)cc1Cl. The van der Waals surface area contributed by atoms with Crippen LogP contribution in [0.3, 0.4) is 0 Å². The molecular weight excluding hydrogens is 391 g/mol. The van der Waals surface area contributed by atoms with E-state index in [1.807, 2.05) is 0 Å². The molecule has 0 N–H and O–H groups in total. The van der Waals surface area contributed by atoms with Crippen molar-refractivity contribution in [3.63, 3.8) is 0 Å². The van der Waals surface area contributed by atoms with Crippen molar-refractivity contribution in [2.45, 2.75) is 32.3 Å². The lowest BCUT2D eigenvalue weighted by atomic mass is 10.1. The van der Waals surface area contributed by atoms with Crippen molar-refractivity contribution in [1.29, 1.82) is 0 Å². The van der Waals surface area contributed by atoms with E-state index < -0.39 is 29.1 Å². The first-order valence-corrected chi connectivity index (χ1v) is 9.17. The van der Waals surface area contributed by atoms with Crippen molar-refractivity contribution >= 4 is 17.6 Å². The molecule has 28 heavy (non-hydrogen) atoms. The van der Waals surface area contributed by atoms with Gasteiger partial charge in [-0.3, -0.25) is 4.79 Å². The summed E-state index contributed by atoms with van der Waals surface area (Å²) in [4.78, 5) is 38.0. The molecule has 0 saturated heterocycles. The Morgan fingerprint density at radius 1 is 1.32 bits per heavy atom. The number of fused-ring (bicyclic) bond motifs is 1. The molecule has 0 aliphatic heterocycles. The van der Waals surface area contributed by atoms with Gasteiger partial charge in [0.1, 0.15) is 11.9 Å². The maximum Gasteiger partial charge on any atom is 0.340 e. The zero-order chi connectivity index (χ0) is 20.6. The summed E-state index contributed by atoms with van der Waals surface area (Å²) in [7, 11) is 3.00. The van der Waals surface area contributed by atoms with E-state index in [2.05, 4.69) is 0 Å². The molecule has 2 aromatic rings. The van der Waals surface area contributed by atoms with Crippen LogP contribution in [0.4, 0.5) is 4.39 Å². The molecule has 0 radical (unpaired) electrons. The molecule has 1 unspecified atom stereocenters. The van der Waals surface area contributed by atoms with Crippen LogP contribution < -0.4 is 11.2 Å². The second-order valence-electron chi connectivity index (χ2n) is 6.72. The van der Waals surface area contributed by atoms with E-state index in [0.717, 1.165) is 23.1 Å². The molecule has 0 bridgehead atoms. The Hall–Kier alpha value is -2.45. The first-order chi connectivity index (χ1) is 13.3. The molecule has 1 aliphatic carbocycles. The molecule has 0 saturated carbocycles. The first kappa shape index (κ1) is 20.3. The minimum absolute atomic E-state index is 0.143. The molecule has 0 spiro atoms. The van der Waals surface area contributed by atoms with Crippen molar-refractivity contribution in [2.75, 3.05) is 13.7 Å². The Bertz CT molecular complexity index is 1060. The predicted molar refractivity (Wildman–Crippen MR) is 101 cm³/mol. The Labute approximate surface area is 165 Å². The second kappa shape index (κ2) is 7.89. The summed E-state index contributed by atoms with van der Waals surface area (Å²) >= 11 is 6.01. The van der Waals surface area contributed by atoms with Gasteiger partial charge in [0.2, 0.25) is 0 Å². The Morgan fingerprint density at radius 3 is 2.71 bits per heavy atom. The van der Waals surface area contributed by atoms with Gasteiger partial charge >= 0.3 is 11.7 Å². The number of rotatable bonds is 5. The standard InChI is InChI=1S/C19H20ClFN2O5/c1-10(9-27-3)28-18(25)12-7-16(14(21)8-13(12)20)23-17(24)11-5-4-6-15(11)22(2)19(23)26/h7-8,10H,4-6,9H2,1-3H3. The molecule has 0 fully saturated rings. The van der Waals surface area contributed by atoms with E-state index in [9.17, 15) is 18.8 Å². The van der Waals surface area contributed by atoms with Gasteiger partial charge in [0.15, 0.2) is 0 Å². The molecule has 0 amide bonds. The van der Waals surface area contributed by atoms with Crippen LogP contribution in [-0.2, 0) is 29.4 Å². The van der Waals surface area contributed by atoms with E-state index >= 15 is 0 Å². The zero-order valence-electron chi connectivity index (χ0n) is 15.8. The minimum atomic E-state index is -0.886. The fourth-order valence-electron chi connectivity index (χ4n) is 3.41. The van der Waals surface area contributed by atoms with Gasteiger partial charge in [-0.15, -0.1) is 0 Å². The smallest absolute Gasteiger partial charge is 0.340 e. The van der Waals surface area contributed by atoms with E-state index in [4.69, 9.17) is 21.1 Å². The average molecular weight is 411 g/mol. The summed E-state index contributed by atoms with van der Waals surface area (Å²) in [5.74, 6) is -1.69. The molecule has 1 aromatic carbocycles. The number of methoxy groups -OCH3 is 1. The third-order valence-corrected chi connectivity index (χ3v) is 5.05. The summed E-state index contributed by atoms with van der Waals surface area (Å²) in [6, 6.07) is 1.97. The van der Waals surface area contributed by atoms with Crippen molar-refractivity contribution in [3.8, 4) is 5.69 Å². The molecule has 150 valence electrons.